The van der Waals surface area contributed by atoms with Crippen LogP contribution in [0, 0.1) is 0 Å². The summed E-state index contributed by atoms with van der Waals surface area (Å²) < 4.78 is 7.81. The van der Waals surface area contributed by atoms with Crippen LogP contribution >= 0.6 is 0 Å². The molecule has 1 atom stereocenters. The largest absolute Gasteiger partial charge is 0.454 e. The molecule has 1 aromatic carbocycles. The third-order valence-electron chi connectivity index (χ3n) is 3.21. The lowest BCUT2D eigenvalue weighted by molar-refractivity contribution is 0.458. The van der Waals surface area contributed by atoms with Gasteiger partial charge >= 0.3 is 0 Å². The zero-order valence-electron chi connectivity index (χ0n) is 11.8. The van der Waals surface area contributed by atoms with Gasteiger partial charge in [0.25, 0.3) is 0 Å². The SMILES string of the molecule is CCC(NC)c1ccccc1Oc1cnn(CC)c1. The van der Waals surface area contributed by atoms with Gasteiger partial charge in [0.05, 0.1) is 12.4 Å². The molecule has 0 bridgehead atoms. The van der Waals surface area contributed by atoms with Crippen LogP contribution in [0.1, 0.15) is 31.9 Å². The number of benzene rings is 1. The average molecular weight is 259 g/mol. The first-order chi connectivity index (χ1) is 9.28. The monoisotopic (exact) mass is 259 g/mol. The molecular weight excluding hydrogens is 238 g/mol. The summed E-state index contributed by atoms with van der Waals surface area (Å²) in [5.41, 5.74) is 1.18. The summed E-state index contributed by atoms with van der Waals surface area (Å²) in [4.78, 5) is 0. The molecule has 19 heavy (non-hydrogen) atoms. The minimum atomic E-state index is 0.303. The van der Waals surface area contributed by atoms with E-state index >= 15 is 0 Å². The Morgan fingerprint density at radius 2 is 2.11 bits per heavy atom. The molecule has 2 aromatic rings. The summed E-state index contributed by atoms with van der Waals surface area (Å²) in [7, 11) is 1.97. The second kappa shape index (κ2) is 6.38. The molecule has 0 aliphatic heterocycles. The van der Waals surface area contributed by atoms with Crippen molar-refractivity contribution < 1.29 is 4.74 Å². The molecule has 1 N–H and O–H groups in total. The number of aromatic nitrogens is 2. The predicted molar refractivity (Wildman–Crippen MR) is 76.5 cm³/mol. The van der Waals surface area contributed by atoms with Gasteiger partial charge in [0.1, 0.15) is 5.75 Å². The quantitative estimate of drug-likeness (QED) is 0.864. The molecule has 0 spiro atoms. The molecule has 4 heteroatoms. The molecule has 0 radical (unpaired) electrons. The lowest BCUT2D eigenvalue weighted by Gasteiger charge is -2.17. The second-order valence-corrected chi connectivity index (χ2v) is 4.42. The minimum Gasteiger partial charge on any atom is -0.454 e. The number of hydrogen-bond donors (Lipinski definition) is 1. The van der Waals surface area contributed by atoms with E-state index < -0.39 is 0 Å². The Bertz CT molecular complexity index is 518. The van der Waals surface area contributed by atoms with Gasteiger partial charge in [0.2, 0.25) is 0 Å². The molecule has 0 saturated heterocycles. The van der Waals surface area contributed by atoms with E-state index in [-0.39, 0.29) is 0 Å². The van der Waals surface area contributed by atoms with E-state index in [1.807, 2.05) is 36.1 Å². The average Bonchev–Trinajstić information content (AvgIpc) is 2.90. The highest BCUT2D eigenvalue weighted by atomic mass is 16.5. The van der Waals surface area contributed by atoms with Crippen LogP contribution < -0.4 is 10.1 Å². The standard InChI is InChI=1S/C15H21N3O/c1-4-14(16-3)13-8-6-7-9-15(13)19-12-10-17-18(5-2)11-12/h6-11,14,16H,4-5H2,1-3H3. The van der Waals surface area contributed by atoms with Gasteiger partial charge in [-0.15, -0.1) is 0 Å². The van der Waals surface area contributed by atoms with Crippen molar-refractivity contribution in [3.8, 4) is 11.5 Å². The zero-order chi connectivity index (χ0) is 13.7. The lowest BCUT2D eigenvalue weighted by Crippen LogP contribution is -2.15. The number of rotatable bonds is 6. The van der Waals surface area contributed by atoms with E-state index in [0.29, 0.717) is 6.04 Å². The Hall–Kier alpha value is -1.81. The smallest absolute Gasteiger partial charge is 0.165 e. The lowest BCUT2D eigenvalue weighted by atomic mass is 10.0. The van der Waals surface area contributed by atoms with Crippen LogP contribution in [0.25, 0.3) is 0 Å². The number of nitrogens with zero attached hydrogens (tertiary/aromatic N) is 2. The molecule has 4 nitrogen and oxygen atoms in total. The van der Waals surface area contributed by atoms with Gasteiger partial charge in [-0.05, 0) is 26.5 Å². The molecule has 1 aromatic heterocycles. The molecule has 1 unspecified atom stereocenters. The highest BCUT2D eigenvalue weighted by Crippen LogP contribution is 2.30. The van der Waals surface area contributed by atoms with Gasteiger partial charge in [0.15, 0.2) is 5.75 Å². The van der Waals surface area contributed by atoms with Gasteiger partial charge in [-0.3, -0.25) is 4.68 Å². The van der Waals surface area contributed by atoms with Gasteiger partial charge < -0.3 is 10.1 Å². The number of aryl methyl sites for hydroxylation is 1. The predicted octanol–water partition coefficient (Wildman–Crippen LogP) is 3.37. The van der Waals surface area contributed by atoms with E-state index in [4.69, 9.17) is 4.74 Å². The van der Waals surface area contributed by atoms with E-state index in [1.165, 1.54) is 5.56 Å². The maximum atomic E-state index is 5.95. The summed E-state index contributed by atoms with van der Waals surface area (Å²) in [5.74, 6) is 1.67. The molecule has 2 rings (SSSR count). The Morgan fingerprint density at radius 1 is 1.32 bits per heavy atom. The highest BCUT2D eigenvalue weighted by molar-refractivity contribution is 5.38. The van der Waals surface area contributed by atoms with Crippen LogP contribution in [0.5, 0.6) is 11.5 Å². The van der Waals surface area contributed by atoms with Crippen molar-refractivity contribution >= 4 is 0 Å². The Labute approximate surface area is 114 Å². The van der Waals surface area contributed by atoms with Crippen molar-refractivity contribution in [3.63, 3.8) is 0 Å². The normalized spacial score (nSPS) is 12.4. The Balaban J connectivity index is 2.24. The molecule has 0 fully saturated rings. The highest BCUT2D eigenvalue weighted by Gasteiger charge is 2.13. The maximum Gasteiger partial charge on any atom is 0.165 e. The van der Waals surface area contributed by atoms with Crippen LogP contribution in [0.15, 0.2) is 36.7 Å². The summed E-state index contributed by atoms with van der Waals surface area (Å²) in [5, 5.41) is 7.53. The number of para-hydroxylation sites is 1. The van der Waals surface area contributed by atoms with Crippen molar-refractivity contribution in [2.45, 2.75) is 32.9 Å². The Morgan fingerprint density at radius 3 is 2.74 bits per heavy atom. The third-order valence-corrected chi connectivity index (χ3v) is 3.21. The molecule has 0 amide bonds. The molecular formula is C15H21N3O. The van der Waals surface area contributed by atoms with E-state index in [0.717, 1.165) is 24.5 Å². The van der Waals surface area contributed by atoms with Gasteiger partial charge in [-0.2, -0.15) is 5.10 Å². The van der Waals surface area contributed by atoms with Crippen molar-refractivity contribution in [2.24, 2.45) is 0 Å². The van der Waals surface area contributed by atoms with Crippen molar-refractivity contribution in [1.29, 1.82) is 0 Å². The van der Waals surface area contributed by atoms with Crippen LogP contribution in [0.2, 0.25) is 0 Å². The number of nitrogens with one attached hydrogen (secondary N) is 1. The zero-order valence-corrected chi connectivity index (χ0v) is 11.8. The van der Waals surface area contributed by atoms with E-state index in [9.17, 15) is 0 Å². The number of hydrogen-bond acceptors (Lipinski definition) is 3. The fourth-order valence-corrected chi connectivity index (χ4v) is 2.14. The summed E-state index contributed by atoms with van der Waals surface area (Å²) >= 11 is 0. The first kappa shape index (κ1) is 13.6. The number of ether oxygens (including phenoxy) is 1. The fraction of sp³-hybridized carbons (Fsp3) is 0.400. The summed E-state index contributed by atoms with van der Waals surface area (Å²) in [6.45, 7) is 5.06. The summed E-state index contributed by atoms with van der Waals surface area (Å²) in [6.07, 6.45) is 4.68. The van der Waals surface area contributed by atoms with Crippen LogP contribution in [0.3, 0.4) is 0 Å². The maximum absolute atomic E-state index is 5.95. The fourth-order valence-electron chi connectivity index (χ4n) is 2.14. The molecule has 1 heterocycles. The second-order valence-electron chi connectivity index (χ2n) is 4.42. The van der Waals surface area contributed by atoms with Crippen molar-refractivity contribution in [3.05, 3.63) is 42.2 Å². The minimum absolute atomic E-state index is 0.303. The van der Waals surface area contributed by atoms with Gasteiger partial charge in [-0.1, -0.05) is 25.1 Å². The van der Waals surface area contributed by atoms with Gasteiger partial charge in [-0.25, -0.2) is 0 Å². The van der Waals surface area contributed by atoms with Crippen molar-refractivity contribution in [2.75, 3.05) is 7.05 Å². The first-order valence-electron chi connectivity index (χ1n) is 6.75. The van der Waals surface area contributed by atoms with E-state index in [1.54, 1.807) is 6.20 Å². The van der Waals surface area contributed by atoms with Crippen molar-refractivity contribution in [1.82, 2.24) is 15.1 Å². The third kappa shape index (κ3) is 3.15. The van der Waals surface area contributed by atoms with Crippen LogP contribution in [0.4, 0.5) is 0 Å². The first-order valence-corrected chi connectivity index (χ1v) is 6.75. The van der Waals surface area contributed by atoms with E-state index in [2.05, 4.69) is 30.3 Å². The van der Waals surface area contributed by atoms with Gasteiger partial charge in [0, 0.05) is 18.2 Å². The Kier molecular flexibility index (Phi) is 4.58. The molecule has 0 aliphatic rings. The molecule has 0 aliphatic carbocycles. The van der Waals surface area contributed by atoms with Crippen LogP contribution in [-0.2, 0) is 6.54 Å². The molecule has 0 saturated carbocycles. The summed E-state index contributed by atoms with van der Waals surface area (Å²) in [6, 6.07) is 8.43. The topological polar surface area (TPSA) is 39.1 Å². The molecule has 102 valence electrons. The van der Waals surface area contributed by atoms with Crippen LogP contribution in [-0.4, -0.2) is 16.8 Å².